The van der Waals surface area contributed by atoms with Crippen molar-refractivity contribution in [2.45, 2.75) is 76.6 Å². The van der Waals surface area contributed by atoms with Gasteiger partial charge in [0.2, 0.25) is 0 Å². The van der Waals surface area contributed by atoms with Crippen molar-refractivity contribution in [2.75, 3.05) is 13.1 Å². The van der Waals surface area contributed by atoms with E-state index in [1.807, 2.05) is 25.7 Å². The van der Waals surface area contributed by atoms with Gasteiger partial charge in [-0.2, -0.15) is 0 Å². The third-order valence-electron chi connectivity index (χ3n) is 6.14. The van der Waals surface area contributed by atoms with Crippen LogP contribution in [0.15, 0.2) is 24.3 Å². The van der Waals surface area contributed by atoms with Gasteiger partial charge in [-0.25, -0.2) is 4.79 Å². The van der Waals surface area contributed by atoms with Crippen LogP contribution in [0.5, 0.6) is 0 Å². The van der Waals surface area contributed by atoms with Gasteiger partial charge < -0.3 is 9.64 Å². The molecule has 0 aromatic heterocycles. The second-order valence-corrected chi connectivity index (χ2v) is 9.14. The summed E-state index contributed by atoms with van der Waals surface area (Å²) in [6, 6.07) is 10.7. The van der Waals surface area contributed by atoms with Crippen molar-refractivity contribution in [3.8, 4) is 0 Å². The molecule has 3 atom stereocenters. The Morgan fingerprint density at radius 2 is 1.84 bits per heavy atom. The molecule has 0 saturated carbocycles. The number of hydrogen-bond donors (Lipinski definition) is 0. The molecule has 4 rings (SSSR count). The van der Waals surface area contributed by atoms with E-state index < -0.39 is 5.60 Å². The summed E-state index contributed by atoms with van der Waals surface area (Å²) in [4.78, 5) is 17.0. The van der Waals surface area contributed by atoms with Crippen molar-refractivity contribution >= 4 is 6.09 Å². The van der Waals surface area contributed by atoms with Crippen molar-refractivity contribution in [1.82, 2.24) is 9.80 Å². The lowest BCUT2D eigenvalue weighted by Crippen LogP contribution is -2.49. The number of benzene rings is 1. The van der Waals surface area contributed by atoms with Crippen molar-refractivity contribution in [3.63, 3.8) is 0 Å². The van der Waals surface area contributed by atoms with Gasteiger partial charge in [0.15, 0.2) is 0 Å². The number of carbonyl (C=O) groups excluding carboxylic acids is 1. The third kappa shape index (κ3) is 2.57. The highest BCUT2D eigenvalue weighted by Crippen LogP contribution is 2.65. The van der Waals surface area contributed by atoms with E-state index in [1.54, 1.807) is 0 Å². The van der Waals surface area contributed by atoms with Crippen molar-refractivity contribution in [2.24, 2.45) is 0 Å². The van der Waals surface area contributed by atoms with Gasteiger partial charge in [-0.15, -0.1) is 0 Å². The third-order valence-corrected chi connectivity index (χ3v) is 6.14. The molecule has 0 radical (unpaired) electrons. The number of rotatable bonds is 1. The zero-order valence-electron chi connectivity index (χ0n) is 16.1. The van der Waals surface area contributed by atoms with Gasteiger partial charge >= 0.3 is 6.09 Å². The topological polar surface area (TPSA) is 32.5 Å². The Bertz CT molecular complexity index is 683. The van der Waals surface area contributed by atoms with Crippen LogP contribution in [-0.2, 0) is 10.2 Å². The lowest BCUT2D eigenvalue weighted by atomic mass is 9.72. The number of nitrogens with zero attached hydrogens (tertiary/aromatic N) is 2. The Hall–Kier alpha value is -1.55. The van der Waals surface area contributed by atoms with Crippen LogP contribution in [0.25, 0.3) is 0 Å². The first-order chi connectivity index (χ1) is 11.7. The summed E-state index contributed by atoms with van der Waals surface area (Å²) < 4.78 is 5.57. The summed E-state index contributed by atoms with van der Waals surface area (Å²) in [7, 11) is 0. The molecule has 2 saturated heterocycles. The molecular formula is C21H30N2O2. The maximum atomic E-state index is 12.4. The van der Waals surface area contributed by atoms with Crippen molar-refractivity contribution in [1.29, 1.82) is 0 Å². The van der Waals surface area contributed by atoms with E-state index in [2.05, 4.69) is 43.0 Å². The van der Waals surface area contributed by atoms with Gasteiger partial charge in [0, 0.05) is 30.6 Å². The Labute approximate surface area is 151 Å². The number of fused-ring (bicyclic) bond motifs is 5. The van der Waals surface area contributed by atoms with Gasteiger partial charge in [0.1, 0.15) is 5.60 Å². The molecule has 2 fully saturated rings. The van der Waals surface area contributed by atoms with Crippen LogP contribution in [-0.4, -0.2) is 46.7 Å². The fraction of sp³-hybridized carbons (Fsp3) is 0.667. The minimum atomic E-state index is -0.428. The van der Waals surface area contributed by atoms with Crippen LogP contribution in [0.2, 0.25) is 0 Å². The average Bonchev–Trinajstić information content (AvgIpc) is 3.24. The van der Waals surface area contributed by atoms with E-state index in [0.717, 1.165) is 25.9 Å². The normalized spacial score (nSPS) is 29.5. The van der Waals surface area contributed by atoms with Crippen LogP contribution in [0, 0.1) is 0 Å². The molecule has 0 N–H and O–H groups in total. The molecule has 1 aromatic carbocycles. The SMILES string of the molecule is CC(C)N1[C@@H]2c3ccccc3C3(CCN(C(=O)OC(C)(C)C)CC3)[C@@H]21. The van der Waals surface area contributed by atoms with E-state index in [-0.39, 0.29) is 11.5 Å². The molecule has 1 aliphatic carbocycles. The lowest BCUT2D eigenvalue weighted by Gasteiger charge is -2.42. The van der Waals surface area contributed by atoms with Gasteiger partial charge in [-0.05, 0) is 58.6 Å². The summed E-state index contributed by atoms with van der Waals surface area (Å²) in [5.74, 6) is 0. The molecule has 25 heavy (non-hydrogen) atoms. The Morgan fingerprint density at radius 3 is 2.44 bits per heavy atom. The molecular weight excluding hydrogens is 312 g/mol. The molecule has 1 unspecified atom stereocenters. The molecule has 4 nitrogen and oxygen atoms in total. The highest BCUT2D eigenvalue weighted by atomic mass is 16.6. The predicted octanol–water partition coefficient (Wildman–Crippen LogP) is 4.10. The first-order valence-electron chi connectivity index (χ1n) is 9.59. The maximum absolute atomic E-state index is 12.4. The lowest BCUT2D eigenvalue weighted by molar-refractivity contribution is 0.0155. The van der Waals surface area contributed by atoms with Gasteiger partial charge in [-0.1, -0.05) is 24.3 Å². The molecule has 2 heterocycles. The fourth-order valence-corrected chi connectivity index (χ4v) is 5.16. The molecule has 1 amide bonds. The van der Waals surface area contributed by atoms with Crippen LogP contribution in [0.1, 0.15) is 64.6 Å². The summed E-state index contributed by atoms with van der Waals surface area (Å²) in [5, 5.41) is 0. The molecule has 2 aliphatic heterocycles. The number of carbonyl (C=O) groups is 1. The summed E-state index contributed by atoms with van der Waals surface area (Å²) in [6.07, 6.45) is 1.91. The number of amides is 1. The van der Waals surface area contributed by atoms with E-state index >= 15 is 0 Å². The van der Waals surface area contributed by atoms with E-state index in [0.29, 0.717) is 18.1 Å². The van der Waals surface area contributed by atoms with Crippen LogP contribution in [0.4, 0.5) is 4.79 Å². The first-order valence-corrected chi connectivity index (χ1v) is 9.59. The Balaban J connectivity index is 1.55. The van der Waals surface area contributed by atoms with Crippen LogP contribution < -0.4 is 0 Å². The summed E-state index contributed by atoms with van der Waals surface area (Å²) in [6.45, 7) is 12.0. The minimum Gasteiger partial charge on any atom is -0.444 e. The zero-order valence-corrected chi connectivity index (χ0v) is 16.1. The zero-order chi connectivity index (χ0) is 18.0. The fourth-order valence-electron chi connectivity index (χ4n) is 5.16. The molecule has 1 aromatic rings. The largest absolute Gasteiger partial charge is 0.444 e. The molecule has 4 heteroatoms. The standard InChI is InChI=1S/C21H30N2O2/c1-14(2)23-17-15-8-6-7-9-16(15)21(18(17)23)10-12-22(13-11-21)19(24)25-20(3,4)5/h6-9,14,17-18H,10-13H2,1-5H3/t17-,18-,23?/m1/s1. The van der Waals surface area contributed by atoms with Crippen LogP contribution >= 0.6 is 0 Å². The second-order valence-electron chi connectivity index (χ2n) is 9.14. The molecule has 136 valence electrons. The van der Waals surface area contributed by atoms with E-state index in [4.69, 9.17) is 4.74 Å². The summed E-state index contributed by atoms with van der Waals surface area (Å²) in [5.41, 5.74) is 2.84. The van der Waals surface area contributed by atoms with Gasteiger partial charge in [0.05, 0.1) is 6.04 Å². The van der Waals surface area contributed by atoms with Crippen LogP contribution in [0.3, 0.4) is 0 Å². The van der Waals surface area contributed by atoms with E-state index in [9.17, 15) is 4.79 Å². The van der Waals surface area contributed by atoms with E-state index in [1.165, 1.54) is 11.1 Å². The quantitative estimate of drug-likeness (QED) is 0.720. The maximum Gasteiger partial charge on any atom is 0.410 e. The highest BCUT2D eigenvalue weighted by Gasteiger charge is 2.67. The smallest absolute Gasteiger partial charge is 0.410 e. The van der Waals surface area contributed by atoms with Gasteiger partial charge in [-0.3, -0.25) is 4.90 Å². The van der Waals surface area contributed by atoms with Crippen molar-refractivity contribution in [3.05, 3.63) is 35.4 Å². The first kappa shape index (κ1) is 16.9. The Morgan fingerprint density at radius 1 is 1.20 bits per heavy atom. The molecule has 1 spiro atoms. The monoisotopic (exact) mass is 342 g/mol. The minimum absolute atomic E-state index is 0.165. The van der Waals surface area contributed by atoms with Crippen molar-refractivity contribution < 1.29 is 9.53 Å². The van der Waals surface area contributed by atoms with Gasteiger partial charge in [0.25, 0.3) is 0 Å². The predicted molar refractivity (Wildman–Crippen MR) is 98.7 cm³/mol. The number of likely N-dealkylation sites (tertiary alicyclic amines) is 1. The molecule has 3 aliphatic rings. The number of hydrogen-bond acceptors (Lipinski definition) is 3. The number of ether oxygens (including phenoxy) is 1. The number of piperidine rings is 1. The highest BCUT2D eigenvalue weighted by molar-refractivity contribution is 5.68. The summed E-state index contributed by atoms with van der Waals surface area (Å²) >= 11 is 0. The Kier molecular flexibility index (Phi) is 3.70. The molecule has 0 bridgehead atoms. The second kappa shape index (κ2) is 5.47. The average molecular weight is 342 g/mol.